The predicted octanol–water partition coefficient (Wildman–Crippen LogP) is 4.05. The molecule has 124 valence electrons. The molecule has 2 heterocycles. The van der Waals surface area contributed by atoms with Crippen molar-refractivity contribution in [2.45, 2.75) is 26.8 Å². The van der Waals surface area contributed by atoms with Crippen molar-refractivity contribution in [2.24, 2.45) is 11.0 Å². The molecule has 3 aromatic rings. The second-order valence-corrected chi connectivity index (χ2v) is 7.23. The Morgan fingerprint density at radius 3 is 2.88 bits per heavy atom. The Labute approximate surface area is 145 Å². The molecule has 0 radical (unpaired) electrons. The molecule has 1 aromatic carbocycles. The van der Waals surface area contributed by atoms with Crippen LogP contribution in [0.4, 0.5) is 0 Å². The van der Waals surface area contributed by atoms with E-state index in [1.54, 1.807) is 17.6 Å². The summed E-state index contributed by atoms with van der Waals surface area (Å²) >= 11 is 1.58. The van der Waals surface area contributed by atoms with Crippen molar-refractivity contribution in [3.05, 3.63) is 58.4 Å². The number of hydrogen-bond donors (Lipinski definition) is 1. The normalized spacial score (nSPS) is 11.6. The van der Waals surface area contributed by atoms with Gasteiger partial charge in [-0.25, -0.2) is 5.43 Å². The highest BCUT2D eigenvalue weighted by atomic mass is 32.1. The Kier molecular flexibility index (Phi) is 5.11. The van der Waals surface area contributed by atoms with Crippen molar-refractivity contribution in [1.29, 1.82) is 0 Å². The zero-order valence-electron chi connectivity index (χ0n) is 13.9. The van der Waals surface area contributed by atoms with E-state index < -0.39 is 0 Å². The lowest BCUT2D eigenvalue weighted by molar-refractivity contribution is -0.120. The van der Waals surface area contributed by atoms with Gasteiger partial charge in [0.25, 0.3) is 0 Å². The van der Waals surface area contributed by atoms with Crippen LogP contribution in [0.2, 0.25) is 0 Å². The highest BCUT2D eigenvalue weighted by molar-refractivity contribution is 7.10. The predicted molar refractivity (Wildman–Crippen MR) is 101 cm³/mol. The highest BCUT2D eigenvalue weighted by Crippen LogP contribution is 2.21. The molecule has 4 nitrogen and oxygen atoms in total. The molecule has 0 fully saturated rings. The molecule has 0 saturated carbocycles. The maximum absolute atomic E-state index is 11.9. The van der Waals surface area contributed by atoms with E-state index in [-0.39, 0.29) is 5.91 Å². The summed E-state index contributed by atoms with van der Waals surface area (Å²) in [5, 5.41) is 7.25. The molecule has 0 atom stereocenters. The van der Waals surface area contributed by atoms with Crippen LogP contribution in [-0.2, 0) is 17.8 Å². The molecule has 2 aromatic heterocycles. The van der Waals surface area contributed by atoms with Gasteiger partial charge in [0.05, 0.1) is 12.6 Å². The second-order valence-electron chi connectivity index (χ2n) is 6.20. The van der Waals surface area contributed by atoms with Gasteiger partial charge in [0.2, 0.25) is 5.91 Å². The summed E-state index contributed by atoms with van der Waals surface area (Å²) in [5.74, 6) is 0.468. The number of rotatable bonds is 6. The number of para-hydroxylation sites is 1. The molecule has 1 amide bonds. The molecule has 0 aliphatic rings. The van der Waals surface area contributed by atoms with Crippen LogP contribution in [0.15, 0.2) is 53.1 Å². The molecule has 5 heteroatoms. The van der Waals surface area contributed by atoms with E-state index in [0.29, 0.717) is 12.3 Å². The number of hydrazone groups is 1. The van der Waals surface area contributed by atoms with Crippen molar-refractivity contribution < 1.29 is 4.79 Å². The lowest BCUT2D eigenvalue weighted by Gasteiger charge is -2.07. The van der Waals surface area contributed by atoms with Crippen molar-refractivity contribution in [1.82, 2.24) is 9.99 Å². The van der Waals surface area contributed by atoms with Crippen molar-refractivity contribution >= 4 is 34.4 Å². The Morgan fingerprint density at radius 2 is 2.12 bits per heavy atom. The van der Waals surface area contributed by atoms with Crippen molar-refractivity contribution in [3.63, 3.8) is 0 Å². The molecule has 0 spiro atoms. The summed E-state index contributed by atoms with van der Waals surface area (Å²) in [6.07, 6.45) is 4.19. The zero-order valence-corrected chi connectivity index (χ0v) is 14.7. The monoisotopic (exact) mass is 339 g/mol. The number of nitrogens with zero attached hydrogens (tertiary/aromatic N) is 2. The van der Waals surface area contributed by atoms with Crippen LogP contribution in [-0.4, -0.2) is 16.7 Å². The third kappa shape index (κ3) is 3.92. The largest absolute Gasteiger partial charge is 0.347 e. The van der Waals surface area contributed by atoms with Gasteiger partial charge in [-0.15, -0.1) is 11.3 Å². The number of benzene rings is 1. The number of fused-ring (bicyclic) bond motifs is 1. The first-order valence-corrected chi connectivity index (χ1v) is 8.93. The minimum absolute atomic E-state index is 0.0976. The van der Waals surface area contributed by atoms with Gasteiger partial charge in [0, 0.05) is 34.1 Å². The molecule has 0 bridgehead atoms. The lowest BCUT2D eigenvalue weighted by Crippen LogP contribution is -2.19. The van der Waals surface area contributed by atoms with Crippen LogP contribution in [0.1, 0.15) is 24.3 Å². The number of nitrogens with one attached hydrogen (secondary N) is 1. The van der Waals surface area contributed by atoms with Gasteiger partial charge in [-0.3, -0.25) is 4.79 Å². The van der Waals surface area contributed by atoms with Gasteiger partial charge in [0.1, 0.15) is 0 Å². The minimum Gasteiger partial charge on any atom is -0.347 e. The molecule has 24 heavy (non-hydrogen) atoms. The van der Waals surface area contributed by atoms with Crippen LogP contribution in [0.25, 0.3) is 10.9 Å². The van der Waals surface area contributed by atoms with Crippen LogP contribution >= 0.6 is 11.3 Å². The summed E-state index contributed by atoms with van der Waals surface area (Å²) in [6, 6.07) is 12.2. The average molecular weight is 339 g/mol. The molecule has 3 rings (SSSR count). The van der Waals surface area contributed by atoms with E-state index in [0.717, 1.165) is 22.4 Å². The topological polar surface area (TPSA) is 46.4 Å². The van der Waals surface area contributed by atoms with Crippen LogP contribution in [0.3, 0.4) is 0 Å². The average Bonchev–Trinajstić information content (AvgIpc) is 3.16. The van der Waals surface area contributed by atoms with E-state index in [2.05, 4.69) is 47.3 Å². The van der Waals surface area contributed by atoms with Gasteiger partial charge < -0.3 is 4.57 Å². The summed E-state index contributed by atoms with van der Waals surface area (Å²) in [4.78, 5) is 12.9. The maximum atomic E-state index is 11.9. The Bertz CT molecular complexity index is 847. The number of hydrogen-bond acceptors (Lipinski definition) is 3. The first kappa shape index (κ1) is 16.5. The molecule has 1 N–H and O–H groups in total. The second kappa shape index (κ2) is 7.45. The number of thiophene rings is 1. The fraction of sp³-hybridized carbons (Fsp3) is 0.263. The quantitative estimate of drug-likeness (QED) is 0.534. The molecule has 0 saturated heterocycles. The Balaban J connectivity index is 1.73. The van der Waals surface area contributed by atoms with Crippen LogP contribution in [0, 0.1) is 5.92 Å². The standard InChI is InChI=1S/C19H21N3OS/c1-14(2)12-22-13-15(17-7-3-4-8-18(17)22)11-20-21-19(23)10-16-6-5-9-24-16/h3-9,11,13-14H,10,12H2,1-2H3,(H,21,23)/b20-11-. The van der Waals surface area contributed by atoms with E-state index in [1.165, 1.54) is 5.52 Å². The van der Waals surface area contributed by atoms with Gasteiger partial charge in [0.15, 0.2) is 0 Å². The fourth-order valence-electron chi connectivity index (χ4n) is 2.71. The summed E-state index contributed by atoms with van der Waals surface area (Å²) in [6.45, 7) is 5.36. The van der Waals surface area contributed by atoms with Crippen LogP contribution in [0.5, 0.6) is 0 Å². The molecular weight excluding hydrogens is 318 g/mol. The number of amides is 1. The van der Waals surface area contributed by atoms with Gasteiger partial charge in [-0.05, 0) is 23.4 Å². The van der Waals surface area contributed by atoms with E-state index in [4.69, 9.17) is 0 Å². The van der Waals surface area contributed by atoms with E-state index in [9.17, 15) is 4.79 Å². The first-order chi connectivity index (χ1) is 11.6. The van der Waals surface area contributed by atoms with Crippen molar-refractivity contribution in [3.8, 4) is 0 Å². The smallest absolute Gasteiger partial charge is 0.245 e. The molecular formula is C19H21N3OS. The zero-order chi connectivity index (χ0) is 16.9. The van der Waals surface area contributed by atoms with Crippen molar-refractivity contribution in [2.75, 3.05) is 0 Å². The number of carbonyl (C=O) groups is 1. The van der Waals surface area contributed by atoms with E-state index in [1.807, 2.05) is 29.6 Å². The Morgan fingerprint density at radius 1 is 1.29 bits per heavy atom. The third-order valence-electron chi connectivity index (χ3n) is 3.69. The highest BCUT2D eigenvalue weighted by Gasteiger charge is 2.08. The molecule has 0 unspecified atom stereocenters. The fourth-order valence-corrected chi connectivity index (χ4v) is 3.41. The summed E-state index contributed by atoms with van der Waals surface area (Å²) in [7, 11) is 0. The summed E-state index contributed by atoms with van der Waals surface area (Å²) < 4.78 is 2.24. The van der Waals surface area contributed by atoms with Gasteiger partial charge >= 0.3 is 0 Å². The minimum atomic E-state index is -0.0976. The van der Waals surface area contributed by atoms with Crippen LogP contribution < -0.4 is 5.43 Å². The molecule has 0 aliphatic carbocycles. The maximum Gasteiger partial charge on any atom is 0.245 e. The van der Waals surface area contributed by atoms with E-state index >= 15 is 0 Å². The number of carbonyl (C=O) groups excluding carboxylic acids is 1. The molecule has 0 aliphatic heterocycles. The lowest BCUT2D eigenvalue weighted by atomic mass is 10.2. The van der Waals surface area contributed by atoms with Gasteiger partial charge in [-0.1, -0.05) is 38.1 Å². The third-order valence-corrected chi connectivity index (χ3v) is 4.57. The number of aromatic nitrogens is 1. The first-order valence-electron chi connectivity index (χ1n) is 8.05. The summed E-state index contributed by atoms with van der Waals surface area (Å²) in [5.41, 5.74) is 4.82. The SMILES string of the molecule is CC(C)Cn1cc(/C=N\NC(=O)Cc2cccs2)c2ccccc21. The van der Waals surface area contributed by atoms with Gasteiger partial charge in [-0.2, -0.15) is 5.10 Å². The Hall–Kier alpha value is -2.40.